The standard InChI is InChI=1S/C23H24FNO5/c1-4-14-5-7-15(8-6-14)20-19(22(27)23(28)25(20)11-12-29-2)21(26)17-13-16(24)9-10-18(17)30-3/h5-10,13,20,26H,4,11-12H2,1-3H3/b21-19+. The van der Waals surface area contributed by atoms with E-state index in [1.165, 1.54) is 31.3 Å². The maximum absolute atomic E-state index is 13.9. The Morgan fingerprint density at radius 1 is 1.13 bits per heavy atom. The minimum absolute atomic E-state index is 0.0115. The second-order valence-corrected chi connectivity index (χ2v) is 6.93. The quantitative estimate of drug-likeness (QED) is 0.427. The largest absolute Gasteiger partial charge is 0.507 e. The number of halogens is 1. The van der Waals surface area contributed by atoms with Gasteiger partial charge in [0.05, 0.1) is 30.9 Å². The molecule has 158 valence electrons. The highest BCUT2D eigenvalue weighted by molar-refractivity contribution is 6.46. The molecule has 1 atom stereocenters. The van der Waals surface area contributed by atoms with Crippen LogP contribution in [0.3, 0.4) is 0 Å². The second kappa shape index (κ2) is 9.09. The summed E-state index contributed by atoms with van der Waals surface area (Å²) in [4.78, 5) is 27.0. The lowest BCUT2D eigenvalue weighted by Gasteiger charge is -2.25. The molecule has 30 heavy (non-hydrogen) atoms. The van der Waals surface area contributed by atoms with Crippen molar-refractivity contribution in [3.63, 3.8) is 0 Å². The van der Waals surface area contributed by atoms with E-state index in [1.54, 1.807) is 0 Å². The van der Waals surface area contributed by atoms with Crippen molar-refractivity contribution in [2.45, 2.75) is 19.4 Å². The molecule has 1 aliphatic heterocycles. The lowest BCUT2D eigenvalue weighted by Crippen LogP contribution is -2.32. The number of ether oxygens (including phenoxy) is 2. The van der Waals surface area contributed by atoms with E-state index in [9.17, 15) is 19.1 Å². The number of hydrogen-bond acceptors (Lipinski definition) is 5. The van der Waals surface area contributed by atoms with Crippen LogP contribution in [0.5, 0.6) is 5.75 Å². The molecule has 1 N–H and O–H groups in total. The number of hydrogen-bond donors (Lipinski definition) is 1. The topological polar surface area (TPSA) is 76.1 Å². The van der Waals surface area contributed by atoms with Gasteiger partial charge >= 0.3 is 0 Å². The zero-order valence-electron chi connectivity index (χ0n) is 17.1. The number of benzene rings is 2. The molecule has 6 nitrogen and oxygen atoms in total. The Bertz CT molecular complexity index is 984. The van der Waals surface area contributed by atoms with Crippen LogP contribution in [-0.4, -0.2) is 49.1 Å². The van der Waals surface area contributed by atoms with Gasteiger partial charge in [0, 0.05) is 13.7 Å². The van der Waals surface area contributed by atoms with Gasteiger partial charge in [0.25, 0.3) is 11.7 Å². The van der Waals surface area contributed by atoms with Gasteiger partial charge in [-0.05, 0) is 35.7 Å². The van der Waals surface area contributed by atoms with Crippen LogP contribution in [0.1, 0.15) is 29.7 Å². The number of nitrogens with zero attached hydrogens (tertiary/aromatic N) is 1. The lowest BCUT2D eigenvalue weighted by atomic mass is 9.94. The van der Waals surface area contributed by atoms with Crippen molar-refractivity contribution in [1.29, 1.82) is 0 Å². The Kier molecular flexibility index (Phi) is 6.52. The highest BCUT2D eigenvalue weighted by Crippen LogP contribution is 2.41. The van der Waals surface area contributed by atoms with Crippen LogP contribution >= 0.6 is 0 Å². The number of carbonyl (C=O) groups is 2. The first-order valence-corrected chi connectivity index (χ1v) is 9.63. The summed E-state index contributed by atoms with van der Waals surface area (Å²) in [6.45, 7) is 2.41. The van der Waals surface area contributed by atoms with Gasteiger partial charge < -0.3 is 19.5 Å². The van der Waals surface area contributed by atoms with Gasteiger partial charge in [-0.2, -0.15) is 0 Å². The summed E-state index contributed by atoms with van der Waals surface area (Å²) in [7, 11) is 2.88. The van der Waals surface area contributed by atoms with Crippen molar-refractivity contribution in [3.8, 4) is 5.75 Å². The van der Waals surface area contributed by atoms with Gasteiger partial charge in [0.15, 0.2) is 0 Å². The van der Waals surface area contributed by atoms with E-state index in [4.69, 9.17) is 9.47 Å². The number of aryl methyl sites for hydroxylation is 1. The predicted octanol–water partition coefficient (Wildman–Crippen LogP) is 3.46. The van der Waals surface area contributed by atoms with Crippen LogP contribution < -0.4 is 4.74 Å². The molecule has 7 heteroatoms. The normalized spacial score (nSPS) is 18.1. The summed E-state index contributed by atoms with van der Waals surface area (Å²) in [6.07, 6.45) is 0.838. The molecule has 2 aromatic carbocycles. The third kappa shape index (κ3) is 3.93. The summed E-state index contributed by atoms with van der Waals surface area (Å²) >= 11 is 0. The average Bonchev–Trinajstić information content (AvgIpc) is 3.01. The van der Waals surface area contributed by atoms with Gasteiger partial charge in [0.1, 0.15) is 17.3 Å². The van der Waals surface area contributed by atoms with E-state index >= 15 is 0 Å². The molecule has 0 radical (unpaired) electrons. The number of aliphatic hydroxyl groups excluding tert-OH is 1. The molecule has 2 aromatic rings. The smallest absolute Gasteiger partial charge is 0.295 e. The molecule has 1 heterocycles. The number of likely N-dealkylation sites (tertiary alicyclic amines) is 1. The highest BCUT2D eigenvalue weighted by Gasteiger charge is 2.46. The Hall–Kier alpha value is -3.19. The molecule has 0 bridgehead atoms. The fourth-order valence-electron chi connectivity index (χ4n) is 3.59. The van der Waals surface area contributed by atoms with Crippen molar-refractivity contribution in [2.24, 2.45) is 0 Å². The Balaban J connectivity index is 2.20. The van der Waals surface area contributed by atoms with Crippen LogP contribution in [0.25, 0.3) is 5.76 Å². The molecule has 1 aliphatic rings. The van der Waals surface area contributed by atoms with Gasteiger partial charge in [0.2, 0.25) is 0 Å². The third-order valence-electron chi connectivity index (χ3n) is 5.20. The summed E-state index contributed by atoms with van der Waals surface area (Å²) in [5.74, 6) is -2.46. The fourth-order valence-corrected chi connectivity index (χ4v) is 3.59. The van der Waals surface area contributed by atoms with E-state index in [-0.39, 0.29) is 30.0 Å². The Morgan fingerprint density at radius 2 is 1.83 bits per heavy atom. The molecule has 0 aromatic heterocycles. The van der Waals surface area contributed by atoms with Crippen molar-refractivity contribution in [3.05, 3.63) is 70.5 Å². The molecule has 1 saturated heterocycles. The number of rotatable bonds is 7. The first kappa shape index (κ1) is 21.5. The van der Waals surface area contributed by atoms with Crippen molar-refractivity contribution in [1.82, 2.24) is 4.90 Å². The average molecular weight is 413 g/mol. The molecule has 0 saturated carbocycles. The summed E-state index contributed by atoms with van der Waals surface area (Å²) in [5.41, 5.74) is 1.67. The van der Waals surface area contributed by atoms with E-state index in [1.807, 2.05) is 31.2 Å². The maximum atomic E-state index is 13.9. The lowest BCUT2D eigenvalue weighted by molar-refractivity contribution is -0.140. The number of Topliss-reactive ketones (excluding diaryl/α,β-unsaturated/α-hetero) is 1. The molecule has 3 rings (SSSR count). The Labute approximate surface area is 174 Å². The van der Waals surface area contributed by atoms with Crippen LogP contribution in [0.2, 0.25) is 0 Å². The van der Waals surface area contributed by atoms with E-state index in [2.05, 4.69) is 0 Å². The number of amides is 1. The molecule has 0 spiro atoms. The number of ketones is 1. The number of carbonyl (C=O) groups excluding carboxylic acids is 2. The second-order valence-electron chi connectivity index (χ2n) is 6.93. The SMILES string of the molecule is CCc1ccc(C2/C(=C(\O)c3cc(F)ccc3OC)C(=O)C(=O)N2CCOC)cc1. The van der Waals surface area contributed by atoms with Crippen LogP contribution in [0.15, 0.2) is 48.0 Å². The molecule has 1 unspecified atom stereocenters. The van der Waals surface area contributed by atoms with Gasteiger partial charge in [-0.25, -0.2) is 4.39 Å². The zero-order chi connectivity index (χ0) is 21.8. The minimum atomic E-state index is -0.834. The van der Waals surface area contributed by atoms with Crippen molar-refractivity contribution >= 4 is 17.4 Å². The molecule has 1 amide bonds. The summed E-state index contributed by atoms with van der Waals surface area (Å²) < 4.78 is 24.2. The van der Waals surface area contributed by atoms with Crippen LogP contribution in [0, 0.1) is 5.82 Å². The summed E-state index contributed by atoms with van der Waals surface area (Å²) in [5, 5.41) is 11.0. The molecular weight excluding hydrogens is 389 g/mol. The zero-order valence-corrected chi connectivity index (χ0v) is 17.1. The third-order valence-corrected chi connectivity index (χ3v) is 5.20. The van der Waals surface area contributed by atoms with Gasteiger partial charge in [-0.1, -0.05) is 31.2 Å². The highest BCUT2D eigenvalue weighted by atomic mass is 19.1. The number of aliphatic hydroxyl groups is 1. The molecule has 1 fully saturated rings. The minimum Gasteiger partial charge on any atom is -0.507 e. The van der Waals surface area contributed by atoms with Crippen LogP contribution in [0.4, 0.5) is 4.39 Å². The first-order chi connectivity index (χ1) is 14.4. The van der Waals surface area contributed by atoms with Crippen molar-refractivity contribution < 1.29 is 28.6 Å². The Morgan fingerprint density at radius 3 is 2.43 bits per heavy atom. The maximum Gasteiger partial charge on any atom is 0.295 e. The van der Waals surface area contributed by atoms with Gasteiger partial charge in [-0.15, -0.1) is 0 Å². The van der Waals surface area contributed by atoms with E-state index < -0.39 is 29.3 Å². The van der Waals surface area contributed by atoms with E-state index in [0.717, 1.165) is 18.1 Å². The first-order valence-electron chi connectivity index (χ1n) is 9.63. The van der Waals surface area contributed by atoms with Crippen LogP contribution in [-0.2, 0) is 20.7 Å². The molecular formula is C23H24FNO5. The summed E-state index contributed by atoms with van der Waals surface area (Å²) in [6, 6.07) is 10.3. The predicted molar refractivity (Wildman–Crippen MR) is 110 cm³/mol. The monoisotopic (exact) mass is 413 g/mol. The number of methoxy groups -OCH3 is 2. The van der Waals surface area contributed by atoms with Crippen molar-refractivity contribution in [2.75, 3.05) is 27.4 Å². The van der Waals surface area contributed by atoms with Gasteiger partial charge in [-0.3, -0.25) is 9.59 Å². The molecule has 0 aliphatic carbocycles. The van der Waals surface area contributed by atoms with E-state index in [0.29, 0.717) is 5.56 Å². The fraction of sp³-hybridized carbons (Fsp3) is 0.304.